The fourth-order valence-corrected chi connectivity index (χ4v) is 6.00. The third-order valence-electron chi connectivity index (χ3n) is 7.52. The zero-order valence-electron chi connectivity index (χ0n) is 21.0. The second-order valence-electron chi connectivity index (χ2n) is 10.00. The lowest BCUT2D eigenvalue weighted by molar-refractivity contribution is -0.119. The Bertz CT molecular complexity index is 1350. The average molecular weight is 541 g/mol. The number of hydrogen-bond acceptors (Lipinski definition) is 7. The van der Waals surface area contributed by atoms with Gasteiger partial charge in [-0.05, 0) is 55.8 Å². The lowest BCUT2D eigenvalue weighted by Gasteiger charge is -2.47. The highest BCUT2D eigenvalue weighted by Crippen LogP contribution is 2.35. The number of amides is 1. The van der Waals surface area contributed by atoms with E-state index in [0.717, 1.165) is 44.1 Å². The first-order chi connectivity index (χ1) is 17.8. The normalized spacial score (nSPS) is 19.4. The van der Waals surface area contributed by atoms with Crippen molar-refractivity contribution in [1.82, 2.24) is 30.0 Å². The molecule has 2 atom stereocenters. The number of anilines is 1. The summed E-state index contributed by atoms with van der Waals surface area (Å²) in [5.41, 5.74) is 2.14. The van der Waals surface area contributed by atoms with Gasteiger partial charge < -0.3 is 15.1 Å². The third kappa shape index (κ3) is 5.37. The smallest absolute Gasteiger partial charge is 0.216 e. The monoisotopic (exact) mass is 540 g/mol. The number of carbonyl (C=O) groups is 1. The van der Waals surface area contributed by atoms with Gasteiger partial charge in [-0.15, -0.1) is 0 Å². The quantitative estimate of drug-likeness (QED) is 0.484. The number of nitrogens with zero attached hydrogens (tertiary/aromatic N) is 7. The molecule has 5 rings (SSSR count). The van der Waals surface area contributed by atoms with E-state index >= 15 is 0 Å². The lowest BCUT2D eigenvalue weighted by Crippen LogP contribution is -2.54. The predicted molar refractivity (Wildman–Crippen MR) is 144 cm³/mol. The number of fused-ring (bicyclic) bond motifs is 1. The van der Waals surface area contributed by atoms with Crippen LogP contribution in [0, 0.1) is 23.2 Å². The number of halogens is 2. The molecule has 0 spiro atoms. The highest BCUT2D eigenvalue weighted by Gasteiger charge is 2.36. The van der Waals surface area contributed by atoms with E-state index < -0.39 is 0 Å². The summed E-state index contributed by atoms with van der Waals surface area (Å²) in [6.45, 7) is 9.16. The fourth-order valence-electron chi connectivity index (χ4n) is 5.44. The summed E-state index contributed by atoms with van der Waals surface area (Å²) < 4.78 is 1.73. The van der Waals surface area contributed by atoms with E-state index in [1.807, 2.05) is 13.0 Å². The molecule has 0 radical (unpaired) electrons. The van der Waals surface area contributed by atoms with E-state index in [-0.39, 0.29) is 17.6 Å². The molecule has 194 valence electrons. The molecule has 0 saturated carbocycles. The van der Waals surface area contributed by atoms with Gasteiger partial charge in [-0.3, -0.25) is 4.79 Å². The van der Waals surface area contributed by atoms with Gasteiger partial charge in [0.15, 0.2) is 11.3 Å². The van der Waals surface area contributed by atoms with Crippen LogP contribution in [0.15, 0.2) is 24.4 Å². The zero-order chi connectivity index (χ0) is 26.1. The third-order valence-corrected chi connectivity index (χ3v) is 8.08. The summed E-state index contributed by atoms with van der Waals surface area (Å²) in [4.78, 5) is 25.4. The molecule has 2 saturated heterocycles. The SMILES string of the molecule is CC(=O)NCCN1CCCC(C2CN(c3cnc4c(C#N)nn(C(C)c5ccc(Cl)cc5Cl)c4n3)C2)C1. The number of nitriles is 1. The number of likely N-dealkylation sites (tertiary alicyclic amines) is 1. The summed E-state index contributed by atoms with van der Waals surface area (Å²) in [7, 11) is 0. The molecule has 2 aliphatic rings. The Morgan fingerprint density at radius 3 is 2.81 bits per heavy atom. The largest absolute Gasteiger partial charge is 0.355 e. The van der Waals surface area contributed by atoms with E-state index in [1.165, 1.54) is 12.8 Å². The van der Waals surface area contributed by atoms with Crippen LogP contribution in [0.5, 0.6) is 0 Å². The Labute approximate surface area is 226 Å². The van der Waals surface area contributed by atoms with Crippen LogP contribution in [0.3, 0.4) is 0 Å². The molecule has 2 aromatic heterocycles. The minimum atomic E-state index is -0.256. The number of aromatic nitrogens is 4. The van der Waals surface area contributed by atoms with Gasteiger partial charge in [-0.25, -0.2) is 14.6 Å². The summed E-state index contributed by atoms with van der Waals surface area (Å²) in [6, 6.07) is 7.25. The van der Waals surface area contributed by atoms with E-state index in [2.05, 4.69) is 31.3 Å². The van der Waals surface area contributed by atoms with Gasteiger partial charge in [-0.2, -0.15) is 10.4 Å². The second kappa shape index (κ2) is 10.8. The van der Waals surface area contributed by atoms with Crippen molar-refractivity contribution in [3.8, 4) is 6.07 Å². The molecule has 2 aliphatic heterocycles. The van der Waals surface area contributed by atoms with Crippen molar-refractivity contribution in [1.29, 1.82) is 5.26 Å². The van der Waals surface area contributed by atoms with Gasteiger partial charge in [0.1, 0.15) is 17.4 Å². The Morgan fingerprint density at radius 2 is 2.08 bits per heavy atom. The first-order valence-corrected chi connectivity index (χ1v) is 13.4. The standard InChI is InChI=1S/C26H30Cl2N8O/c1-16(21-6-5-20(27)10-22(21)28)36-26-25(23(11-29)33-36)31-12-24(32-26)35-14-19(15-35)18-4-3-8-34(13-18)9-7-30-17(2)37/h5-6,10,12,16,18-19H,3-4,7-9,13-15H2,1-2H3,(H,30,37). The maximum absolute atomic E-state index is 11.2. The first-order valence-electron chi connectivity index (χ1n) is 12.7. The molecule has 3 aromatic rings. The van der Waals surface area contributed by atoms with Gasteiger partial charge in [0.25, 0.3) is 0 Å². The van der Waals surface area contributed by atoms with Crippen LogP contribution in [0.2, 0.25) is 10.0 Å². The fraction of sp³-hybridized carbons (Fsp3) is 0.500. The number of benzene rings is 1. The maximum atomic E-state index is 11.2. The molecular formula is C26H30Cl2N8O. The van der Waals surface area contributed by atoms with Gasteiger partial charge >= 0.3 is 0 Å². The number of carbonyl (C=O) groups excluding carboxylic acids is 1. The Balaban J connectivity index is 1.30. The van der Waals surface area contributed by atoms with Crippen LogP contribution >= 0.6 is 23.2 Å². The van der Waals surface area contributed by atoms with Crippen LogP contribution in [0.25, 0.3) is 11.2 Å². The molecular weight excluding hydrogens is 511 g/mol. The van der Waals surface area contributed by atoms with Crippen LogP contribution in [-0.4, -0.2) is 69.8 Å². The van der Waals surface area contributed by atoms with Crippen LogP contribution < -0.4 is 10.2 Å². The van der Waals surface area contributed by atoms with E-state index in [1.54, 1.807) is 29.9 Å². The minimum absolute atomic E-state index is 0.0233. The number of piperidine rings is 1. The molecule has 9 nitrogen and oxygen atoms in total. The summed E-state index contributed by atoms with van der Waals surface area (Å²) in [5, 5.41) is 18.1. The van der Waals surface area contributed by atoms with Gasteiger partial charge in [0.05, 0.1) is 12.2 Å². The molecule has 1 amide bonds. The average Bonchev–Trinajstić information content (AvgIpc) is 3.21. The van der Waals surface area contributed by atoms with Gasteiger partial charge in [0, 0.05) is 49.7 Å². The van der Waals surface area contributed by atoms with Crippen molar-refractivity contribution < 1.29 is 4.79 Å². The van der Waals surface area contributed by atoms with E-state index in [4.69, 9.17) is 28.2 Å². The molecule has 11 heteroatoms. The molecule has 1 N–H and O–H groups in total. The van der Waals surface area contributed by atoms with E-state index in [9.17, 15) is 10.1 Å². The molecule has 2 unspecified atom stereocenters. The molecule has 0 bridgehead atoms. The van der Waals surface area contributed by atoms with Crippen LogP contribution in [-0.2, 0) is 4.79 Å². The topological polar surface area (TPSA) is 103 Å². The molecule has 0 aliphatic carbocycles. The Morgan fingerprint density at radius 1 is 1.27 bits per heavy atom. The van der Waals surface area contributed by atoms with Crippen molar-refractivity contribution in [3.63, 3.8) is 0 Å². The van der Waals surface area contributed by atoms with Crippen molar-refractivity contribution in [3.05, 3.63) is 45.7 Å². The van der Waals surface area contributed by atoms with Crippen molar-refractivity contribution in [2.24, 2.45) is 11.8 Å². The Hall–Kier alpha value is -2.93. The second-order valence-corrected chi connectivity index (χ2v) is 10.8. The number of hydrogen-bond donors (Lipinski definition) is 1. The lowest BCUT2D eigenvalue weighted by atomic mass is 9.80. The van der Waals surface area contributed by atoms with Gasteiger partial charge in [-0.1, -0.05) is 29.3 Å². The highest BCUT2D eigenvalue weighted by molar-refractivity contribution is 6.35. The summed E-state index contributed by atoms with van der Waals surface area (Å²) >= 11 is 12.5. The van der Waals surface area contributed by atoms with Crippen molar-refractivity contribution in [2.45, 2.75) is 32.7 Å². The maximum Gasteiger partial charge on any atom is 0.216 e. The number of nitrogens with one attached hydrogen (secondary N) is 1. The summed E-state index contributed by atoms with van der Waals surface area (Å²) in [5.74, 6) is 2.06. The predicted octanol–water partition coefficient (Wildman–Crippen LogP) is 3.90. The first kappa shape index (κ1) is 25.7. The highest BCUT2D eigenvalue weighted by atomic mass is 35.5. The Kier molecular flexibility index (Phi) is 7.52. The molecule has 4 heterocycles. The molecule has 2 fully saturated rings. The zero-order valence-corrected chi connectivity index (χ0v) is 22.5. The minimum Gasteiger partial charge on any atom is -0.355 e. The van der Waals surface area contributed by atoms with Crippen LogP contribution in [0.4, 0.5) is 5.82 Å². The molecule has 1 aromatic carbocycles. The number of rotatable bonds is 7. The van der Waals surface area contributed by atoms with E-state index in [0.29, 0.717) is 39.6 Å². The van der Waals surface area contributed by atoms with Crippen molar-refractivity contribution >= 4 is 46.1 Å². The summed E-state index contributed by atoms with van der Waals surface area (Å²) in [6.07, 6.45) is 4.16. The molecule has 37 heavy (non-hydrogen) atoms. The van der Waals surface area contributed by atoms with Gasteiger partial charge in [0.2, 0.25) is 5.91 Å². The van der Waals surface area contributed by atoms with Crippen LogP contribution in [0.1, 0.15) is 44.0 Å². The van der Waals surface area contributed by atoms with Crippen molar-refractivity contribution in [2.75, 3.05) is 44.2 Å².